The Morgan fingerprint density at radius 1 is 1.43 bits per heavy atom. The molecule has 1 aromatic heterocycles. The molecule has 0 fully saturated rings. The zero-order valence-electron chi connectivity index (χ0n) is 11.3. The minimum absolute atomic E-state index is 0.363. The van der Waals surface area contributed by atoms with Crippen molar-refractivity contribution in [3.8, 4) is 0 Å². The van der Waals surface area contributed by atoms with E-state index in [1.165, 1.54) is 17.7 Å². The van der Waals surface area contributed by atoms with Crippen LogP contribution in [-0.2, 0) is 11.2 Å². The molecular formula is C14H14N4OS2. The number of aromatic nitrogens is 1. The molecule has 0 saturated heterocycles. The number of hydrogen-bond acceptors (Lipinski definition) is 6. The van der Waals surface area contributed by atoms with Crippen LogP contribution >= 0.6 is 23.1 Å². The monoisotopic (exact) mass is 318 g/mol. The van der Waals surface area contributed by atoms with Crippen LogP contribution in [0.25, 0.3) is 10.2 Å². The first-order valence-electron chi connectivity index (χ1n) is 6.88. The van der Waals surface area contributed by atoms with Gasteiger partial charge in [0.2, 0.25) is 5.91 Å². The molecule has 4 rings (SSSR count). The Hall–Kier alpha value is -1.60. The number of carbonyl (C=O) groups excluding carboxylic acids is 1. The van der Waals surface area contributed by atoms with E-state index in [-0.39, 0.29) is 5.91 Å². The fourth-order valence-electron chi connectivity index (χ4n) is 2.62. The Morgan fingerprint density at radius 2 is 2.33 bits per heavy atom. The van der Waals surface area contributed by atoms with Gasteiger partial charge in [-0.1, -0.05) is 0 Å². The Bertz CT molecular complexity index is 725. The van der Waals surface area contributed by atoms with Crippen LogP contribution in [0.15, 0.2) is 17.1 Å². The zero-order valence-corrected chi connectivity index (χ0v) is 12.9. The third kappa shape index (κ3) is 2.30. The normalized spacial score (nSPS) is 21.0. The van der Waals surface area contributed by atoms with Gasteiger partial charge in [0.05, 0.1) is 10.2 Å². The third-order valence-corrected chi connectivity index (χ3v) is 5.92. The number of nitrogens with two attached hydrogens (primary N) is 1. The van der Waals surface area contributed by atoms with Crippen molar-refractivity contribution >= 4 is 50.0 Å². The summed E-state index contributed by atoms with van der Waals surface area (Å²) in [4.78, 5) is 20.3. The quantitative estimate of drug-likeness (QED) is 0.887. The van der Waals surface area contributed by atoms with Gasteiger partial charge in [-0.05, 0) is 30.5 Å². The van der Waals surface area contributed by atoms with Gasteiger partial charge in [-0.3, -0.25) is 9.79 Å². The van der Waals surface area contributed by atoms with Crippen molar-refractivity contribution in [2.75, 3.05) is 17.6 Å². The number of aryl methyl sites for hydroxylation is 1. The van der Waals surface area contributed by atoms with Crippen molar-refractivity contribution < 1.29 is 4.79 Å². The maximum atomic E-state index is 11.2. The van der Waals surface area contributed by atoms with Crippen molar-refractivity contribution in [1.82, 2.24) is 4.98 Å². The van der Waals surface area contributed by atoms with Crippen molar-refractivity contribution in [2.45, 2.75) is 18.9 Å². The van der Waals surface area contributed by atoms with Gasteiger partial charge >= 0.3 is 0 Å². The molecule has 2 aliphatic heterocycles. The van der Waals surface area contributed by atoms with E-state index in [0.29, 0.717) is 5.75 Å². The Kier molecular flexibility index (Phi) is 3.11. The van der Waals surface area contributed by atoms with Gasteiger partial charge in [0, 0.05) is 18.0 Å². The van der Waals surface area contributed by atoms with Crippen molar-refractivity contribution in [3.05, 3.63) is 22.7 Å². The van der Waals surface area contributed by atoms with Crippen LogP contribution in [0.3, 0.4) is 0 Å². The standard InChI is InChI=1S/C14H14N4OS2/c15-12(19)10-6-20-13(18-10)14-17-9-4-7-2-1-3-16-8(7)5-11(9)21-14/h4-5,10,16H,1-3,6H2,(H2,15,19). The summed E-state index contributed by atoms with van der Waals surface area (Å²) in [5.41, 5.74) is 8.89. The number of nitrogens with zero attached hydrogens (tertiary/aromatic N) is 2. The number of carbonyl (C=O) groups is 1. The number of rotatable bonds is 2. The Balaban J connectivity index is 1.74. The predicted octanol–water partition coefficient (Wildman–Crippen LogP) is 2.00. The van der Waals surface area contributed by atoms with Gasteiger partial charge in [0.25, 0.3) is 0 Å². The van der Waals surface area contributed by atoms with E-state index in [4.69, 9.17) is 5.73 Å². The maximum Gasteiger partial charge on any atom is 0.243 e. The van der Waals surface area contributed by atoms with Crippen LogP contribution in [0.4, 0.5) is 5.69 Å². The van der Waals surface area contributed by atoms with Crippen LogP contribution in [0, 0.1) is 0 Å². The maximum absolute atomic E-state index is 11.2. The highest BCUT2D eigenvalue weighted by Crippen LogP contribution is 2.34. The lowest BCUT2D eigenvalue weighted by Crippen LogP contribution is -2.26. The molecule has 0 aliphatic carbocycles. The van der Waals surface area contributed by atoms with E-state index in [2.05, 4.69) is 27.4 Å². The molecule has 1 unspecified atom stereocenters. The van der Waals surface area contributed by atoms with E-state index in [1.54, 1.807) is 23.1 Å². The molecule has 0 saturated carbocycles. The SMILES string of the molecule is NC(=O)C1CSC(c2nc3cc4c(cc3s2)NCCC4)=N1. The number of amides is 1. The predicted molar refractivity (Wildman–Crippen MR) is 88.4 cm³/mol. The third-order valence-electron chi connectivity index (χ3n) is 3.71. The molecule has 1 aromatic carbocycles. The van der Waals surface area contributed by atoms with Crippen LogP contribution in [-0.4, -0.2) is 34.3 Å². The number of primary amides is 1. The van der Waals surface area contributed by atoms with Gasteiger partial charge < -0.3 is 11.1 Å². The highest BCUT2D eigenvalue weighted by Gasteiger charge is 2.25. The van der Waals surface area contributed by atoms with Gasteiger partial charge in [0.15, 0.2) is 0 Å². The largest absolute Gasteiger partial charge is 0.385 e. The molecule has 7 heteroatoms. The molecule has 21 heavy (non-hydrogen) atoms. The topological polar surface area (TPSA) is 80.4 Å². The van der Waals surface area contributed by atoms with Gasteiger partial charge in [0.1, 0.15) is 16.1 Å². The minimum Gasteiger partial charge on any atom is -0.385 e. The number of thiazole rings is 1. The number of benzene rings is 1. The minimum atomic E-state index is -0.410. The van der Waals surface area contributed by atoms with Crippen molar-refractivity contribution in [2.24, 2.45) is 10.7 Å². The second-order valence-corrected chi connectivity index (χ2v) is 7.23. The van der Waals surface area contributed by atoms with Crippen LogP contribution in [0.1, 0.15) is 17.0 Å². The van der Waals surface area contributed by atoms with E-state index in [1.807, 2.05) is 0 Å². The highest BCUT2D eigenvalue weighted by atomic mass is 32.2. The van der Waals surface area contributed by atoms with E-state index >= 15 is 0 Å². The van der Waals surface area contributed by atoms with Crippen LogP contribution in [0.5, 0.6) is 0 Å². The average Bonchev–Trinajstić information content (AvgIpc) is 3.11. The highest BCUT2D eigenvalue weighted by molar-refractivity contribution is 8.15. The van der Waals surface area contributed by atoms with E-state index in [0.717, 1.165) is 33.2 Å². The fraction of sp³-hybridized carbons (Fsp3) is 0.357. The van der Waals surface area contributed by atoms with Crippen LogP contribution in [0.2, 0.25) is 0 Å². The summed E-state index contributed by atoms with van der Waals surface area (Å²) < 4.78 is 1.16. The number of fused-ring (bicyclic) bond motifs is 2. The molecule has 3 heterocycles. The number of nitrogens with one attached hydrogen (secondary N) is 1. The second kappa shape index (κ2) is 4.99. The van der Waals surface area contributed by atoms with Crippen molar-refractivity contribution in [3.63, 3.8) is 0 Å². The first-order chi connectivity index (χ1) is 10.2. The summed E-state index contributed by atoms with van der Waals surface area (Å²) in [7, 11) is 0. The van der Waals surface area contributed by atoms with E-state index in [9.17, 15) is 4.79 Å². The summed E-state index contributed by atoms with van der Waals surface area (Å²) >= 11 is 3.19. The summed E-state index contributed by atoms with van der Waals surface area (Å²) in [6.07, 6.45) is 2.27. The summed E-state index contributed by atoms with van der Waals surface area (Å²) in [5, 5.41) is 5.17. The van der Waals surface area contributed by atoms with E-state index < -0.39 is 6.04 Å². The van der Waals surface area contributed by atoms with Gasteiger partial charge in [-0.15, -0.1) is 23.1 Å². The molecule has 1 amide bonds. The van der Waals surface area contributed by atoms with Crippen molar-refractivity contribution in [1.29, 1.82) is 0 Å². The van der Waals surface area contributed by atoms with Crippen LogP contribution < -0.4 is 11.1 Å². The lowest BCUT2D eigenvalue weighted by molar-refractivity contribution is -0.118. The summed E-state index contributed by atoms with van der Waals surface area (Å²) in [6, 6.07) is 3.94. The molecular weight excluding hydrogens is 304 g/mol. The number of hydrogen-bond donors (Lipinski definition) is 2. The molecule has 2 aliphatic rings. The molecule has 5 nitrogen and oxygen atoms in total. The molecule has 1 atom stereocenters. The lowest BCUT2D eigenvalue weighted by Gasteiger charge is -2.17. The number of anilines is 1. The number of thioether (sulfide) groups is 1. The van der Waals surface area contributed by atoms with Gasteiger partial charge in [-0.2, -0.15) is 0 Å². The molecule has 108 valence electrons. The summed E-state index contributed by atoms with van der Waals surface area (Å²) in [6.45, 7) is 1.03. The molecule has 0 spiro atoms. The molecule has 0 radical (unpaired) electrons. The smallest absolute Gasteiger partial charge is 0.243 e. The Labute approximate surface area is 130 Å². The molecule has 3 N–H and O–H groups in total. The van der Waals surface area contributed by atoms with Gasteiger partial charge in [-0.25, -0.2) is 4.98 Å². The summed E-state index contributed by atoms with van der Waals surface area (Å²) in [5.74, 6) is 0.261. The first kappa shape index (κ1) is 13.1. The fourth-order valence-corrected chi connectivity index (χ4v) is 4.72. The molecule has 2 aromatic rings. The molecule has 0 bridgehead atoms. The average molecular weight is 318 g/mol. The Morgan fingerprint density at radius 3 is 3.14 bits per heavy atom. The first-order valence-corrected chi connectivity index (χ1v) is 8.68. The lowest BCUT2D eigenvalue weighted by atomic mass is 10.0. The zero-order chi connectivity index (χ0) is 14.4. The second-order valence-electron chi connectivity index (χ2n) is 5.19. The number of aliphatic imine (C=N–C) groups is 1.